The predicted molar refractivity (Wildman–Crippen MR) is 162 cm³/mol. The van der Waals surface area contributed by atoms with Crippen molar-refractivity contribution in [2.75, 3.05) is 12.0 Å². The smallest absolute Gasteiger partial charge is 0.275 e. The van der Waals surface area contributed by atoms with E-state index in [2.05, 4.69) is 10.5 Å². The number of nitro groups is 1. The SMILES string of the molecule is COc1ccc([N+](=O)[O-])cc1C(=O)N/N=C\C12c3ccccc3C(c3ccccc31)[C@@H]1C(=O)N(c3ccc(C)cc3)C(=O)[C@@H]12. The Morgan fingerprint density at radius 2 is 1.59 bits per heavy atom. The number of hydrazone groups is 1. The van der Waals surface area contributed by atoms with Gasteiger partial charge in [0, 0.05) is 24.3 Å². The number of non-ortho nitro benzene ring substituents is 1. The van der Waals surface area contributed by atoms with Gasteiger partial charge in [0.25, 0.3) is 11.6 Å². The van der Waals surface area contributed by atoms with Crippen molar-refractivity contribution in [2.45, 2.75) is 18.3 Å². The third kappa shape index (κ3) is 3.73. The number of rotatable bonds is 6. The zero-order chi connectivity index (χ0) is 30.7. The van der Waals surface area contributed by atoms with Crippen molar-refractivity contribution in [3.63, 3.8) is 0 Å². The molecule has 8 rings (SSSR count). The van der Waals surface area contributed by atoms with E-state index in [0.717, 1.165) is 33.9 Å². The van der Waals surface area contributed by atoms with E-state index < -0.39 is 28.1 Å². The van der Waals surface area contributed by atoms with Gasteiger partial charge in [-0.25, -0.2) is 10.3 Å². The largest absolute Gasteiger partial charge is 0.496 e. The number of methoxy groups -OCH3 is 1. The van der Waals surface area contributed by atoms with Crippen LogP contribution in [0.15, 0.2) is 96.1 Å². The molecule has 4 aliphatic rings. The van der Waals surface area contributed by atoms with Crippen LogP contribution in [0.5, 0.6) is 5.75 Å². The molecule has 1 N–H and O–H groups in total. The molecule has 4 aromatic carbocycles. The predicted octanol–water partition coefficient (Wildman–Crippen LogP) is 4.88. The lowest BCUT2D eigenvalue weighted by Crippen LogP contribution is -2.54. The molecular formula is C34H26N4O6. The van der Waals surface area contributed by atoms with Crippen LogP contribution in [0, 0.1) is 28.9 Å². The molecule has 218 valence electrons. The summed E-state index contributed by atoms with van der Waals surface area (Å²) in [5, 5.41) is 15.7. The summed E-state index contributed by atoms with van der Waals surface area (Å²) >= 11 is 0. The Kier molecular flexibility index (Phi) is 6.17. The third-order valence-electron chi connectivity index (χ3n) is 9.05. The normalized spacial score (nSPS) is 22.9. The summed E-state index contributed by atoms with van der Waals surface area (Å²) in [6, 6.07) is 26.4. The quantitative estimate of drug-likeness (QED) is 0.148. The van der Waals surface area contributed by atoms with E-state index in [1.165, 1.54) is 24.1 Å². The molecule has 0 saturated carbocycles. The Hall–Kier alpha value is -5.64. The van der Waals surface area contributed by atoms with Crippen LogP contribution in [0.1, 0.15) is 44.1 Å². The van der Waals surface area contributed by atoms with Gasteiger partial charge in [-0.15, -0.1) is 0 Å². The van der Waals surface area contributed by atoms with Gasteiger partial charge in [-0.2, -0.15) is 5.10 Å². The zero-order valence-electron chi connectivity index (χ0n) is 23.8. The van der Waals surface area contributed by atoms with Gasteiger partial charge in [-0.3, -0.25) is 24.5 Å². The molecule has 4 aromatic rings. The molecule has 1 heterocycles. The summed E-state index contributed by atoms with van der Waals surface area (Å²) in [4.78, 5) is 54.0. The number of amides is 3. The standard InChI is InChI=1S/C34H26N4O6/c1-19-11-13-20(14-12-19)37-32(40)29-28-22-7-3-5-9-25(22)34(30(29)33(37)41,26-10-6-4-8-23(26)28)18-35-36-31(39)24-17-21(38(42)43)15-16-27(24)44-2/h3-18,28-30H,1-2H3,(H,36,39)/b35-18-/t28?,29-,30+,34?/m0/s1. The summed E-state index contributed by atoms with van der Waals surface area (Å²) in [6.07, 6.45) is 1.54. The number of aryl methyl sites for hydroxylation is 1. The molecule has 0 aromatic heterocycles. The van der Waals surface area contributed by atoms with Crippen molar-refractivity contribution in [1.82, 2.24) is 5.43 Å². The first-order valence-corrected chi connectivity index (χ1v) is 14.1. The fourth-order valence-electron chi connectivity index (χ4n) is 7.24. The summed E-state index contributed by atoms with van der Waals surface area (Å²) in [5.74, 6) is -3.04. The molecule has 10 nitrogen and oxygen atoms in total. The number of hydrogen-bond acceptors (Lipinski definition) is 7. The van der Waals surface area contributed by atoms with E-state index in [1.807, 2.05) is 67.6 Å². The van der Waals surface area contributed by atoms with E-state index >= 15 is 0 Å². The number of nitro benzene ring substituents is 1. The minimum absolute atomic E-state index is 0.0694. The number of nitrogens with one attached hydrogen (secondary N) is 1. The maximum Gasteiger partial charge on any atom is 0.275 e. The number of nitrogens with zero attached hydrogens (tertiary/aromatic N) is 3. The zero-order valence-corrected chi connectivity index (χ0v) is 23.8. The molecule has 44 heavy (non-hydrogen) atoms. The number of carbonyl (C=O) groups is 3. The van der Waals surface area contributed by atoms with Crippen molar-refractivity contribution in [3.05, 3.63) is 134 Å². The number of benzene rings is 4. The van der Waals surface area contributed by atoms with Crippen molar-refractivity contribution >= 4 is 35.3 Å². The van der Waals surface area contributed by atoms with Gasteiger partial charge in [0.05, 0.1) is 40.5 Å². The Morgan fingerprint density at radius 3 is 2.20 bits per heavy atom. The van der Waals surface area contributed by atoms with Crippen LogP contribution < -0.4 is 15.1 Å². The van der Waals surface area contributed by atoms with Gasteiger partial charge in [-0.1, -0.05) is 66.2 Å². The second-order valence-corrected chi connectivity index (χ2v) is 11.2. The number of ether oxygens (including phenoxy) is 1. The molecule has 0 spiro atoms. The van der Waals surface area contributed by atoms with E-state index in [0.29, 0.717) is 5.69 Å². The van der Waals surface area contributed by atoms with E-state index in [-0.39, 0.29) is 34.7 Å². The lowest BCUT2D eigenvalue weighted by atomic mass is 9.47. The van der Waals surface area contributed by atoms with Crippen LogP contribution >= 0.6 is 0 Å². The minimum atomic E-state index is -1.18. The molecule has 3 amide bonds. The Balaban J connectivity index is 1.37. The summed E-state index contributed by atoms with van der Waals surface area (Å²) in [7, 11) is 1.36. The molecule has 1 saturated heterocycles. The third-order valence-corrected chi connectivity index (χ3v) is 9.05. The summed E-state index contributed by atoms with van der Waals surface area (Å²) in [5.41, 5.74) is 6.01. The van der Waals surface area contributed by atoms with E-state index in [9.17, 15) is 24.5 Å². The molecular weight excluding hydrogens is 560 g/mol. The second-order valence-electron chi connectivity index (χ2n) is 11.2. The molecule has 0 unspecified atom stereocenters. The van der Waals surface area contributed by atoms with Crippen molar-refractivity contribution < 1.29 is 24.0 Å². The Labute approximate surface area is 252 Å². The van der Waals surface area contributed by atoms with E-state index in [4.69, 9.17) is 4.74 Å². The average molecular weight is 587 g/mol. The minimum Gasteiger partial charge on any atom is -0.496 e. The highest BCUT2D eigenvalue weighted by molar-refractivity contribution is 6.25. The number of carbonyl (C=O) groups excluding carboxylic acids is 3. The fraction of sp³-hybridized carbons (Fsp3) is 0.176. The number of anilines is 1. The molecule has 0 radical (unpaired) electrons. The topological polar surface area (TPSA) is 131 Å². The average Bonchev–Trinajstić information content (AvgIpc) is 3.31. The molecule has 1 fully saturated rings. The molecule has 2 bridgehead atoms. The van der Waals surface area contributed by atoms with Gasteiger partial charge >= 0.3 is 0 Å². The molecule has 3 aliphatic carbocycles. The highest BCUT2D eigenvalue weighted by atomic mass is 16.6. The van der Waals surface area contributed by atoms with Crippen molar-refractivity contribution in [2.24, 2.45) is 16.9 Å². The fourth-order valence-corrected chi connectivity index (χ4v) is 7.24. The lowest BCUT2D eigenvalue weighted by molar-refractivity contribution is -0.384. The highest BCUT2D eigenvalue weighted by Gasteiger charge is 2.68. The highest BCUT2D eigenvalue weighted by Crippen LogP contribution is 2.63. The van der Waals surface area contributed by atoms with Crippen LogP contribution in [-0.2, 0) is 15.0 Å². The first-order chi connectivity index (χ1) is 21.3. The van der Waals surface area contributed by atoms with Crippen LogP contribution in [0.4, 0.5) is 11.4 Å². The van der Waals surface area contributed by atoms with Gasteiger partial charge in [0.1, 0.15) is 5.75 Å². The molecule has 1 aliphatic heterocycles. The molecule has 2 atom stereocenters. The van der Waals surface area contributed by atoms with Crippen LogP contribution in [0.3, 0.4) is 0 Å². The van der Waals surface area contributed by atoms with Crippen LogP contribution in [-0.4, -0.2) is 36.0 Å². The monoisotopic (exact) mass is 586 g/mol. The van der Waals surface area contributed by atoms with Gasteiger partial charge in [0.2, 0.25) is 11.8 Å². The van der Waals surface area contributed by atoms with Crippen molar-refractivity contribution in [3.8, 4) is 5.75 Å². The maximum atomic E-state index is 14.4. The first kappa shape index (κ1) is 27.2. The maximum absolute atomic E-state index is 14.4. The number of imide groups is 1. The summed E-state index contributed by atoms with van der Waals surface area (Å²) < 4.78 is 5.26. The van der Waals surface area contributed by atoms with Crippen LogP contribution in [0.2, 0.25) is 0 Å². The Bertz CT molecular complexity index is 1870. The van der Waals surface area contributed by atoms with Gasteiger partial charge < -0.3 is 4.74 Å². The molecule has 10 heteroatoms. The second kappa shape index (κ2) is 9.98. The van der Waals surface area contributed by atoms with Crippen LogP contribution in [0.25, 0.3) is 0 Å². The number of hydrogen-bond donors (Lipinski definition) is 1. The summed E-state index contributed by atoms with van der Waals surface area (Å²) in [6.45, 7) is 1.94. The van der Waals surface area contributed by atoms with Gasteiger partial charge in [-0.05, 0) is 47.4 Å². The van der Waals surface area contributed by atoms with E-state index in [1.54, 1.807) is 18.3 Å². The van der Waals surface area contributed by atoms with Gasteiger partial charge in [0.15, 0.2) is 0 Å². The van der Waals surface area contributed by atoms with Crippen molar-refractivity contribution in [1.29, 1.82) is 0 Å². The first-order valence-electron chi connectivity index (χ1n) is 14.1. The lowest BCUT2D eigenvalue weighted by Gasteiger charge is -2.52. The Morgan fingerprint density at radius 1 is 0.955 bits per heavy atom.